The summed E-state index contributed by atoms with van der Waals surface area (Å²) >= 11 is 0. The lowest BCUT2D eigenvalue weighted by Gasteiger charge is -2.42. The van der Waals surface area contributed by atoms with Crippen molar-refractivity contribution in [3.63, 3.8) is 0 Å². The van der Waals surface area contributed by atoms with Crippen molar-refractivity contribution in [3.05, 3.63) is 17.7 Å². The van der Waals surface area contributed by atoms with Crippen molar-refractivity contribution in [2.45, 2.75) is 24.9 Å². The first-order chi connectivity index (χ1) is 11.3. The number of nitrogens with one attached hydrogen (secondary N) is 2. The van der Waals surface area contributed by atoms with Crippen LogP contribution in [0, 0.1) is 5.92 Å². The van der Waals surface area contributed by atoms with Gasteiger partial charge in [0.2, 0.25) is 5.75 Å². The fraction of sp³-hybridized carbons (Fsp3) is 0.588. The number of benzene rings is 1. The molecule has 6 nitrogen and oxygen atoms in total. The third kappa shape index (κ3) is 2.16. The first-order valence-electron chi connectivity index (χ1n) is 8.24. The molecule has 1 aromatic carbocycles. The van der Waals surface area contributed by atoms with Gasteiger partial charge in [-0.3, -0.25) is 5.43 Å². The number of quaternary nitrogens is 1. The predicted octanol–water partition coefficient (Wildman–Crippen LogP) is 0.390. The van der Waals surface area contributed by atoms with Gasteiger partial charge in [0.25, 0.3) is 0 Å². The van der Waals surface area contributed by atoms with E-state index >= 15 is 0 Å². The largest absolute Gasteiger partial charge is 0.493 e. The molecular weight excluding hydrogens is 294 g/mol. The number of ether oxygens (including phenoxy) is 3. The summed E-state index contributed by atoms with van der Waals surface area (Å²) in [6.45, 7) is 2.49. The molecule has 4 aliphatic rings. The van der Waals surface area contributed by atoms with Crippen LogP contribution in [0.2, 0.25) is 0 Å². The molecule has 5 rings (SSSR count). The second kappa shape index (κ2) is 5.60. The van der Waals surface area contributed by atoms with Gasteiger partial charge in [-0.15, -0.1) is 0 Å². The molecule has 0 amide bonds. The van der Waals surface area contributed by atoms with Gasteiger partial charge in [0, 0.05) is 18.8 Å². The van der Waals surface area contributed by atoms with Crippen LogP contribution in [0.4, 0.5) is 0 Å². The van der Waals surface area contributed by atoms with Crippen LogP contribution in [0.5, 0.6) is 17.2 Å². The number of hydrazone groups is 1. The quantitative estimate of drug-likeness (QED) is 0.843. The standard InChI is InChI=1S/C17H23N3O3/c1-21-12-8-11(9-13(22-2)17(12)23-3)15-16-14(18-19-15)10-4-6-20(16)7-5-10/h8-10,15-16,19H,4-7H2,1-3H3/p+1/t15-,16+/m0/s1. The molecule has 2 atom stereocenters. The molecule has 3 saturated heterocycles. The highest BCUT2D eigenvalue weighted by Gasteiger charge is 2.50. The van der Waals surface area contributed by atoms with E-state index in [2.05, 4.69) is 10.5 Å². The molecule has 3 fully saturated rings. The van der Waals surface area contributed by atoms with Crippen molar-refractivity contribution >= 4 is 5.71 Å². The normalized spacial score (nSPS) is 31.2. The van der Waals surface area contributed by atoms with Gasteiger partial charge >= 0.3 is 0 Å². The number of rotatable bonds is 4. The van der Waals surface area contributed by atoms with Crippen LogP contribution in [-0.2, 0) is 0 Å². The summed E-state index contributed by atoms with van der Waals surface area (Å²) < 4.78 is 16.4. The molecule has 0 aromatic heterocycles. The number of hydrogen-bond acceptors (Lipinski definition) is 5. The molecule has 0 radical (unpaired) electrons. The van der Waals surface area contributed by atoms with Gasteiger partial charge in [-0.2, -0.15) is 5.10 Å². The summed E-state index contributed by atoms with van der Waals surface area (Å²) in [6.07, 6.45) is 2.54. The van der Waals surface area contributed by atoms with Gasteiger partial charge < -0.3 is 19.1 Å². The summed E-state index contributed by atoms with van der Waals surface area (Å²) in [6, 6.07) is 4.70. The SMILES string of the molecule is COc1cc([C@@H]2NN=C3C4CC[NH+](CC4)[C@H]32)cc(OC)c1OC. The van der Waals surface area contributed by atoms with Gasteiger partial charge in [-0.05, 0) is 17.7 Å². The Kier molecular flexibility index (Phi) is 3.56. The highest BCUT2D eigenvalue weighted by molar-refractivity contribution is 5.93. The lowest BCUT2D eigenvalue weighted by molar-refractivity contribution is -0.927. The Balaban J connectivity index is 1.71. The van der Waals surface area contributed by atoms with Crippen molar-refractivity contribution < 1.29 is 19.1 Å². The molecule has 0 aliphatic carbocycles. The van der Waals surface area contributed by atoms with Crippen LogP contribution < -0.4 is 24.5 Å². The molecule has 124 valence electrons. The van der Waals surface area contributed by atoms with Crippen molar-refractivity contribution in [2.75, 3.05) is 34.4 Å². The Morgan fingerprint density at radius 3 is 2.26 bits per heavy atom. The van der Waals surface area contributed by atoms with Crippen LogP contribution in [0.1, 0.15) is 24.4 Å². The maximum absolute atomic E-state index is 5.50. The Labute approximate surface area is 136 Å². The monoisotopic (exact) mass is 318 g/mol. The topological polar surface area (TPSA) is 56.5 Å². The third-order valence-electron chi connectivity index (χ3n) is 5.52. The summed E-state index contributed by atoms with van der Waals surface area (Å²) in [5.74, 6) is 2.69. The zero-order valence-electron chi connectivity index (χ0n) is 13.9. The molecule has 2 bridgehead atoms. The predicted molar refractivity (Wildman–Crippen MR) is 86.6 cm³/mol. The van der Waals surface area contributed by atoms with Crippen molar-refractivity contribution in [2.24, 2.45) is 11.0 Å². The smallest absolute Gasteiger partial charge is 0.203 e. The van der Waals surface area contributed by atoms with Crippen molar-refractivity contribution in [3.8, 4) is 17.2 Å². The average Bonchev–Trinajstić information content (AvgIpc) is 3.08. The Morgan fingerprint density at radius 1 is 1.04 bits per heavy atom. The first kappa shape index (κ1) is 14.6. The van der Waals surface area contributed by atoms with Crippen LogP contribution in [-0.4, -0.2) is 46.2 Å². The summed E-state index contributed by atoms with van der Waals surface area (Å²) in [5, 5.41) is 4.68. The lowest BCUT2D eigenvalue weighted by Crippen LogP contribution is -3.20. The number of hydrogen-bond donors (Lipinski definition) is 2. The second-order valence-electron chi connectivity index (χ2n) is 6.51. The van der Waals surface area contributed by atoms with E-state index in [1.165, 1.54) is 31.6 Å². The average molecular weight is 318 g/mol. The number of fused-ring (bicyclic) bond motifs is 2. The number of piperidine rings is 3. The molecule has 0 saturated carbocycles. The molecule has 6 heteroatoms. The van der Waals surface area contributed by atoms with Crippen LogP contribution in [0.3, 0.4) is 0 Å². The molecule has 2 N–H and O–H groups in total. The Hall–Kier alpha value is -1.95. The van der Waals surface area contributed by atoms with Crippen molar-refractivity contribution in [1.82, 2.24) is 5.43 Å². The molecule has 4 aliphatic heterocycles. The molecule has 1 aromatic rings. The summed E-state index contributed by atoms with van der Waals surface area (Å²) in [7, 11) is 4.94. The second-order valence-corrected chi connectivity index (χ2v) is 6.51. The minimum atomic E-state index is 0.178. The molecule has 23 heavy (non-hydrogen) atoms. The van der Waals surface area contributed by atoms with E-state index in [4.69, 9.17) is 14.2 Å². The van der Waals surface area contributed by atoms with E-state index in [0.717, 1.165) is 5.56 Å². The zero-order valence-corrected chi connectivity index (χ0v) is 13.9. The van der Waals surface area contributed by atoms with E-state index in [1.807, 2.05) is 12.1 Å². The summed E-state index contributed by atoms with van der Waals surface area (Å²) in [4.78, 5) is 1.65. The maximum atomic E-state index is 5.50. The highest BCUT2D eigenvalue weighted by atomic mass is 16.5. The molecular formula is C17H24N3O3+. The van der Waals surface area contributed by atoms with Crippen LogP contribution in [0.25, 0.3) is 0 Å². The minimum Gasteiger partial charge on any atom is -0.493 e. The van der Waals surface area contributed by atoms with E-state index in [0.29, 0.717) is 29.2 Å². The zero-order chi connectivity index (χ0) is 16.0. The Bertz CT molecular complexity index is 613. The fourth-order valence-corrected chi connectivity index (χ4v) is 4.39. The fourth-order valence-electron chi connectivity index (χ4n) is 4.39. The third-order valence-corrected chi connectivity index (χ3v) is 5.52. The van der Waals surface area contributed by atoms with Gasteiger partial charge in [0.05, 0.1) is 34.4 Å². The van der Waals surface area contributed by atoms with E-state index in [9.17, 15) is 0 Å². The van der Waals surface area contributed by atoms with Crippen LogP contribution >= 0.6 is 0 Å². The van der Waals surface area contributed by atoms with Gasteiger partial charge in [-0.1, -0.05) is 0 Å². The number of methoxy groups -OCH3 is 3. The maximum Gasteiger partial charge on any atom is 0.203 e. The molecule has 0 spiro atoms. The van der Waals surface area contributed by atoms with E-state index < -0.39 is 0 Å². The molecule has 0 unspecified atom stereocenters. The highest BCUT2D eigenvalue weighted by Crippen LogP contribution is 2.41. The van der Waals surface area contributed by atoms with Gasteiger partial charge in [-0.25, -0.2) is 0 Å². The van der Waals surface area contributed by atoms with E-state index in [1.54, 1.807) is 26.2 Å². The van der Waals surface area contributed by atoms with Gasteiger partial charge in [0.1, 0.15) is 11.8 Å². The Morgan fingerprint density at radius 2 is 1.70 bits per heavy atom. The van der Waals surface area contributed by atoms with Crippen LogP contribution in [0.15, 0.2) is 17.2 Å². The van der Waals surface area contributed by atoms with E-state index in [-0.39, 0.29) is 6.04 Å². The van der Waals surface area contributed by atoms with Crippen molar-refractivity contribution in [1.29, 1.82) is 0 Å². The van der Waals surface area contributed by atoms with Gasteiger partial charge in [0.15, 0.2) is 17.5 Å². The summed E-state index contributed by atoms with van der Waals surface area (Å²) in [5.41, 5.74) is 5.87. The number of nitrogens with zero attached hydrogens (tertiary/aromatic N) is 1. The lowest BCUT2D eigenvalue weighted by atomic mass is 9.78. The minimum absolute atomic E-state index is 0.178. The first-order valence-corrected chi connectivity index (χ1v) is 8.24. The molecule has 4 heterocycles.